The molecule has 0 saturated carbocycles. The quantitative estimate of drug-likeness (QED) is 0.542. The number of imidazole rings is 1. The van der Waals surface area contributed by atoms with Crippen LogP contribution in [-0.2, 0) is 23.1 Å². The van der Waals surface area contributed by atoms with Crippen molar-refractivity contribution in [3.8, 4) is 0 Å². The summed E-state index contributed by atoms with van der Waals surface area (Å²) in [6.07, 6.45) is 3.74. The summed E-state index contributed by atoms with van der Waals surface area (Å²) in [4.78, 5) is 10.5. The van der Waals surface area contributed by atoms with Crippen molar-refractivity contribution < 1.29 is 9.53 Å². The van der Waals surface area contributed by atoms with Gasteiger partial charge in [-0.2, -0.15) is 0 Å². The van der Waals surface area contributed by atoms with Gasteiger partial charge in [0.1, 0.15) is 6.61 Å². The zero-order valence-corrected chi connectivity index (χ0v) is 8.50. The maximum absolute atomic E-state index is 10.5. The summed E-state index contributed by atoms with van der Waals surface area (Å²) in [7, 11) is 1.88. The van der Waals surface area contributed by atoms with Crippen LogP contribution in [0.5, 0.6) is 0 Å². The predicted molar refractivity (Wildman–Crippen MR) is 50.9 cm³/mol. The van der Waals surface area contributed by atoms with Gasteiger partial charge in [0, 0.05) is 26.4 Å². The molecule has 0 aliphatic heterocycles. The Morgan fingerprint density at radius 1 is 1.62 bits per heavy atom. The van der Waals surface area contributed by atoms with Gasteiger partial charge >= 0.3 is 5.97 Å². The van der Waals surface area contributed by atoms with Crippen molar-refractivity contribution in [1.29, 1.82) is 0 Å². The van der Waals surface area contributed by atoms with E-state index in [0.717, 1.165) is 4.77 Å². The standard InChI is InChI=1S/C8H12N2O2S/c1-7(11)12-6-5-10-4-3-9(2)8(10)13/h3-4H,5-6H2,1-2H3. The fraction of sp³-hybridized carbons (Fsp3) is 0.500. The maximum atomic E-state index is 10.5. The number of aryl methyl sites for hydroxylation is 1. The van der Waals surface area contributed by atoms with Crippen LogP contribution >= 0.6 is 12.2 Å². The summed E-state index contributed by atoms with van der Waals surface area (Å²) in [5.41, 5.74) is 0. The Bertz CT molecular complexity index is 353. The number of hydrogen-bond acceptors (Lipinski definition) is 3. The number of ether oxygens (including phenoxy) is 1. The Hall–Kier alpha value is -1.10. The molecule has 0 aromatic carbocycles. The van der Waals surface area contributed by atoms with Crippen LogP contribution in [0.15, 0.2) is 12.4 Å². The summed E-state index contributed by atoms with van der Waals surface area (Å²) >= 11 is 5.09. The lowest BCUT2D eigenvalue weighted by atomic mass is 10.6. The summed E-state index contributed by atoms with van der Waals surface area (Å²) in [5.74, 6) is -0.262. The number of carbonyl (C=O) groups excluding carboxylic acids is 1. The van der Waals surface area contributed by atoms with Crippen LogP contribution in [0.4, 0.5) is 0 Å². The molecule has 0 unspecified atom stereocenters. The van der Waals surface area contributed by atoms with Gasteiger partial charge in [0.25, 0.3) is 0 Å². The zero-order valence-electron chi connectivity index (χ0n) is 7.69. The topological polar surface area (TPSA) is 36.2 Å². The Kier molecular flexibility index (Phi) is 3.25. The highest BCUT2D eigenvalue weighted by Crippen LogP contribution is 1.94. The van der Waals surface area contributed by atoms with Gasteiger partial charge in [-0.25, -0.2) is 0 Å². The number of aromatic nitrogens is 2. The first kappa shape index (κ1) is 9.98. The molecular weight excluding hydrogens is 188 g/mol. The van der Waals surface area contributed by atoms with Gasteiger partial charge in [-0.1, -0.05) is 0 Å². The molecule has 0 N–H and O–H groups in total. The molecule has 0 radical (unpaired) electrons. The highest BCUT2D eigenvalue weighted by molar-refractivity contribution is 7.71. The zero-order chi connectivity index (χ0) is 9.84. The van der Waals surface area contributed by atoms with Gasteiger partial charge < -0.3 is 13.9 Å². The van der Waals surface area contributed by atoms with E-state index in [1.807, 2.05) is 28.6 Å². The van der Waals surface area contributed by atoms with E-state index in [9.17, 15) is 4.79 Å². The van der Waals surface area contributed by atoms with Crippen LogP contribution in [0.2, 0.25) is 0 Å². The van der Waals surface area contributed by atoms with Crippen molar-refractivity contribution in [2.75, 3.05) is 6.61 Å². The molecular formula is C8H12N2O2S. The first-order valence-electron chi connectivity index (χ1n) is 3.96. The maximum Gasteiger partial charge on any atom is 0.302 e. The lowest BCUT2D eigenvalue weighted by molar-refractivity contribution is -0.141. The molecule has 4 nitrogen and oxygen atoms in total. The fourth-order valence-corrected chi connectivity index (χ4v) is 1.18. The van der Waals surface area contributed by atoms with E-state index in [4.69, 9.17) is 17.0 Å². The second-order valence-electron chi connectivity index (χ2n) is 2.73. The van der Waals surface area contributed by atoms with Gasteiger partial charge in [-0.05, 0) is 12.2 Å². The van der Waals surface area contributed by atoms with E-state index in [1.54, 1.807) is 0 Å². The molecule has 1 rings (SSSR count). The van der Waals surface area contributed by atoms with Gasteiger partial charge in [-0.3, -0.25) is 4.79 Å². The van der Waals surface area contributed by atoms with E-state index < -0.39 is 0 Å². The molecule has 0 saturated heterocycles. The molecule has 0 bridgehead atoms. The lowest BCUT2D eigenvalue weighted by Crippen LogP contribution is -2.08. The molecule has 0 fully saturated rings. The molecule has 5 heteroatoms. The average Bonchev–Trinajstić information content (AvgIpc) is 2.35. The van der Waals surface area contributed by atoms with Crippen LogP contribution < -0.4 is 0 Å². The number of esters is 1. The lowest BCUT2D eigenvalue weighted by Gasteiger charge is -2.02. The average molecular weight is 200 g/mol. The van der Waals surface area contributed by atoms with Gasteiger partial charge in [0.15, 0.2) is 4.77 Å². The van der Waals surface area contributed by atoms with Crippen molar-refractivity contribution in [1.82, 2.24) is 9.13 Å². The van der Waals surface area contributed by atoms with Crippen LogP contribution in [0.3, 0.4) is 0 Å². The fourth-order valence-electron chi connectivity index (χ4n) is 0.969. The number of hydrogen-bond donors (Lipinski definition) is 0. The van der Waals surface area contributed by atoms with E-state index in [2.05, 4.69) is 0 Å². The van der Waals surface area contributed by atoms with Crippen molar-refractivity contribution in [3.05, 3.63) is 17.2 Å². The van der Waals surface area contributed by atoms with E-state index in [1.165, 1.54) is 6.92 Å². The van der Waals surface area contributed by atoms with E-state index in [0.29, 0.717) is 13.2 Å². The minimum atomic E-state index is -0.262. The van der Waals surface area contributed by atoms with E-state index >= 15 is 0 Å². The van der Waals surface area contributed by atoms with Crippen molar-refractivity contribution in [2.24, 2.45) is 7.05 Å². The first-order valence-corrected chi connectivity index (χ1v) is 4.37. The third-order valence-corrected chi connectivity index (χ3v) is 2.18. The molecule has 1 aromatic heterocycles. The van der Waals surface area contributed by atoms with Crippen LogP contribution in [-0.4, -0.2) is 21.7 Å². The Labute approximate surface area is 81.7 Å². The second-order valence-corrected chi connectivity index (χ2v) is 3.09. The normalized spacial score (nSPS) is 10.0. The molecule has 0 aliphatic carbocycles. The Morgan fingerprint density at radius 3 is 2.77 bits per heavy atom. The summed E-state index contributed by atoms with van der Waals surface area (Å²) in [6, 6.07) is 0. The summed E-state index contributed by atoms with van der Waals surface area (Å²) in [6.45, 7) is 2.37. The van der Waals surface area contributed by atoms with Crippen molar-refractivity contribution >= 4 is 18.2 Å². The summed E-state index contributed by atoms with van der Waals surface area (Å²) < 4.78 is 9.22. The predicted octanol–water partition coefficient (Wildman–Crippen LogP) is 1.12. The second kappa shape index (κ2) is 4.23. The SMILES string of the molecule is CC(=O)OCCn1ccn(C)c1=S. The molecule has 13 heavy (non-hydrogen) atoms. The molecule has 0 aliphatic rings. The number of rotatable bonds is 3. The largest absolute Gasteiger partial charge is 0.464 e. The molecule has 1 aromatic rings. The number of nitrogens with zero attached hydrogens (tertiary/aromatic N) is 2. The third-order valence-electron chi connectivity index (χ3n) is 1.66. The Morgan fingerprint density at radius 2 is 2.31 bits per heavy atom. The van der Waals surface area contributed by atoms with E-state index in [-0.39, 0.29) is 5.97 Å². The minimum absolute atomic E-state index is 0.262. The van der Waals surface area contributed by atoms with Crippen LogP contribution in [0.1, 0.15) is 6.92 Å². The molecule has 0 atom stereocenters. The Balaban J connectivity index is 2.51. The smallest absolute Gasteiger partial charge is 0.302 e. The van der Waals surface area contributed by atoms with Crippen molar-refractivity contribution in [3.63, 3.8) is 0 Å². The monoisotopic (exact) mass is 200 g/mol. The highest BCUT2D eigenvalue weighted by Gasteiger charge is 1.97. The minimum Gasteiger partial charge on any atom is -0.464 e. The highest BCUT2D eigenvalue weighted by atomic mass is 32.1. The van der Waals surface area contributed by atoms with Crippen LogP contribution in [0.25, 0.3) is 0 Å². The number of carbonyl (C=O) groups is 1. The molecule has 0 spiro atoms. The molecule has 72 valence electrons. The van der Waals surface area contributed by atoms with Gasteiger partial charge in [0.2, 0.25) is 0 Å². The van der Waals surface area contributed by atoms with Crippen LogP contribution in [0, 0.1) is 4.77 Å². The van der Waals surface area contributed by atoms with Gasteiger partial charge in [0.05, 0.1) is 6.54 Å². The van der Waals surface area contributed by atoms with Gasteiger partial charge in [-0.15, -0.1) is 0 Å². The molecule has 1 heterocycles. The molecule has 0 amide bonds. The first-order chi connectivity index (χ1) is 6.11. The third kappa shape index (κ3) is 2.69. The summed E-state index contributed by atoms with van der Waals surface area (Å²) in [5, 5.41) is 0. The van der Waals surface area contributed by atoms with Crippen molar-refractivity contribution in [2.45, 2.75) is 13.5 Å².